The minimum atomic E-state index is -0.503. The van der Waals surface area contributed by atoms with Gasteiger partial charge < -0.3 is 26.1 Å². The van der Waals surface area contributed by atoms with Crippen LogP contribution in [0.3, 0.4) is 0 Å². The Balaban J connectivity index is 1.86. The molecule has 34 heavy (non-hydrogen) atoms. The van der Waals surface area contributed by atoms with E-state index in [0.29, 0.717) is 29.7 Å². The van der Waals surface area contributed by atoms with Crippen molar-refractivity contribution in [3.8, 4) is 0 Å². The summed E-state index contributed by atoms with van der Waals surface area (Å²) in [7, 11) is 0. The summed E-state index contributed by atoms with van der Waals surface area (Å²) in [6.07, 6.45) is 4.07. The fourth-order valence-electron chi connectivity index (χ4n) is 3.52. The lowest BCUT2D eigenvalue weighted by Gasteiger charge is -2.07. The highest BCUT2D eigenvalue weighted by Gasteiger charge is 2.17. The van der Waals surface area contributed by atoms with Crippen molar-refractivity contribution < 1.29 is 14.3 Å². The van der Waals surface area contributed by atoms with E-state index in [1.54, 1.807) is 31.3 Å². The van der Waals surface area contributed by atoms with Gasteiger partial charge >= 0.3 is 5.97 Å². The number of hydrogen-bond acceptors (Lipinski definition) is 5. The van der Waals surface area contributed by atoms with E-state index in [1.165, 1.54) is 0 Å². The van der Waals surface area contributed by atoms with Crippen molar-refractivity contribution in [3.05, 3.63) is 94.3 Å². The lowest BCUT2D eigenvalue weighted by Crippen LogP contribution is -2.31. The maximum Gasteiger partial charge on any atom is 0.325 e. The molecule has 9 nitrogen and oxygen atoms in total. The molecule has 1 aromatic heterocycles. The Labute approximate surface area is 197 Å². The van der Waals surface area contributed by atoms with Crippen molar-refractivity contribution in [2.24, 2.45) is 11.5 Å². The number of amides is 1. The minimum Gasteiger partial charge on any atom is -0.465 e. The van der Waals surface area contributed by atoms with Crippen LogP contribution >= 0.6 is 0 Å². The normalized spacial score (nSPS) is 10.5. The molecule has 0 aliphatic carbocycles. The Bertz CT molecular complexity index is 1210. The van der Waals surface area contributed by atoms with Crippen LogP contribution in [-0.4, -0.2) is 41.3 Å². The van der Waals surface area contributed by atoms with Crippen molar-refractivity contribution >= 4 is 23.5 Å². The summed E-state index contributed by atoms with van der Waals surface area (Å²) >= 11 is 0. The van der Waals surface area contributed by atoms with Gasteiger partial charge in [0.25, 0.3) is 5.91 Å². The molecule has 0 spiro atoms. The molecule has 0 radical (unpaired) electrons. The first-order chi connectivity index (χ1) is 16.3. The second kappa shape index (κ2) is 11.0. The van der Waals surface area contributed by atoms with Gasteiger partial charge in [-0.1, -0.05) is 42.5 Å². The number of rotatable bonds is 10. The van der Waals surface area contributed by atoms with Gasteiger partial charge in [-0.2, -0.15) is 0 Å². The van der Waals surface area contributed by atoms with Gasteiger partial charge in [0.05, 0.1) is 12.2 Å². The van der Waals surface area contributed by atoms with Gasteiger partial charge in [0.2, 0.25) is 0 Å². The molecule has 0 aliphatic heterocycles. The number of nitrogens with zero attached hydrogens (tertiary/aromatic N) is 1. The van der Waals surface area contributed by atoms with Crippen LogP contribution in [0.5, 0.6) is 0 Å². The fourth-order valence-corrected chi connectivity index (χ4v) is 3.52. The number of hydrogen-bond donors (Lipinski definition) is 5. The third-order valence-corrected chi connectivity index (χ3v) is 5.17. The van der Waals surface area contributed by atoms with Crippen molar-refractivity contribution in [1.82, 2.24) is 9.88 Å². The second-order valence-corrected chi connectivity index (χ2v) is 7.76. The minimum absolute atomic E-state index is 0.00292. The molecule has 0 saturated carbocycles. The third kappa shape index (κ3) is 6.32. The van der Waals surface area contributed by atoms with Crippen molar-refractivity contribution in [1.29, 1.82) is 10.8 Å². The molecule has 176 valence electrons. The molecule has 2 aromatic carbocycles. The fraction of sp³-hybridized carbons (Fsp3) is 0.200. The van der Waals surface area contributed by atoms with E-state index in [9.17, 15) is 9.59 Å². The van der Waals surface area contributed by atoms with Crippen LogP contribution in [0.2, 0.25) is 0 Å². The van der Waals surface area contributed by atoms with E-state index in [2.05, 4.69) is 5.32 Å². The summed E-state index contributed by atoms with van der Waals surface area (Å²) in [5.41, 5.74) is 15.5. The first-order valence-electron chi connectivity index (χ1n) is 10.8. The molecular weight excluding hydrogens is 432 g/mol. The van der Waals surface area contributed by atoms with Crippen LogP contribution in [0.25, 0.3) is 0 Å². The number of amidine groups is 2. The average Bonchev–Trinajstić information content (AvgIpc) is 3.20. The quantitative estimate of drug-likeness (QED) is 0.177. The zero-order valence-corrected chi connectivity index (χ0v) is 18.9. The molecule has 0 bridgehead atoms. The summed E-state index contributed by atoms with van der Waals surface area (Å²) < 4.78 is 6.78. The Morgan fingerprint density at radius 2 is 1.68 bits per heavy atom. The number of nitrogen functional groups attached to an aromatic ring is 2. The number of ether oxygens (including phenoxy) is 1. The molecule has 0 aliphatic rings. The largest absolute Gasteiger partial charge is 0.465 e. The predicted octanol–water partition coefficient (Wildman–Crippen LogP) is 1.99. The predicted molar refractivity (Wildman–Crippen MR) is 130 cm³/mol. The van der Waals surface area contributed by atoms with Crippen LogP contribution in [0.15, 0.2) is 60.9 Å². The summed E-state index contributed by atoms with van der Waals surface area (Å²) in [6.45, 7) is 2.23. The zero-order valence-electron chi connectivity index (χ0n) is 18.9. The number of aromatic nitrogens is 1. The van der Waals surface area contributed by atoms with Gasteiger partial charge in [-0.25, -0.2) is 0 Å². The Hall–Kier alpha value is -4.40. The lowest BCUT2D eigenvalue weighted by atomic mass is 10.0. The maximum atomic E-state index is 12.9. The Morgan fingerprint density at radius 1 is 0.971 bits per heavy atom. The molecule has 1 amide bonds. The van der Waals surface area contributed by atoms with Crippen LogP contribution in [0.4, 0.5) is 0 Å². The van der Waals surface area contributed by atoms with Gasteiger partial charge in [-0.05, 0) is 36.1 Å². The van der Waals surface area contributed by atoms with Crippen LogP contribution < -0.4 is 16.8 Å². The lowest BCUT2D eigenvalue weighted by molar-refractivity contribution is -0.141. The summed E-state index contributed by atoms with van der Waals surface area (Å²) in [6, 6.07) is 14.6. The van der Waals surface area contributed by atoms with E-state index in [-0.39, 0.29) is 30.7 Å². The summed E-state index contributed by atoms with van der Waals surface area (Å²) in [5.74, 6) is -0.906. The molecule has 1 heterocycles. The topological polar surface area (TPSA) is 160 Å². The van der Waals surface area contributed by atoms with E-state index in [0.717, 1.165) is 16.7 Å². The van der Waals surface area contributed by atoms with Gasteiger partial charge in [0, 0.05) is 30.1 Å². The van der Waals surface area contributed by atoms with Crippen LogP contribution in [0, 0.1) is 10.8 Å². The van der Waals surface area contributed by atoms with E-state index < -0.39 is 5.97 Å². The van der Waals surface area contributed by atoms with Gasteiger partial charge in [-0.15, -0.1) is 0 Å². The molecule has 0 fully saturated rings. The van der Waals surface area contributed by atoms with Crippen molar-refractivity contribution in [3.63, 3.8) is 0 Å². The number of carbonyl (C=O) groups is 2. The highest BCUT2D eigenvalue weighted by Crippen LogP contribution is 2.19. The second-order valence-electron chi connectivity index (χ2n) is 7.76. The van der Waals surface area contributed by atoms with Crippen molar-refractivity contribution in [2.45, 2.75) is 19.9 Å². The maximum absolute atomic E-state index is 12.9. The van der Waals surface area contributed by atoms with Gasteiger partial charge in [0.1, 0.15) is 18.2 Å². The average molecular weight is 461 g/mol. The van der Waals surface area contributed by atoms with Crippen LogP contribution in [0.1, 0.15) is 45.1 Å². The molecule has 0 atom stereocenters. The third-order valence-electron chi connectivity index (χ3n) is 5.17. The highest BCUT2D eigenvalue weighted by atomic mass is 16.5. The number of nitrogens with two attached hydrogens (primary N) is 2. The number of nitrogens with one attached hydrogen (secondary N) is 3. The smallest absolute Gasteiger partial charge is 0.325 e. The Morgan fingerprint density at radius 3 is 2.32 bits per heavy atom. The Kier molecular flexibility index (Phi) is 7.81. The first kappa shape index (κ1) is 24.2. The summed E-state index contributed by atoms with van der Waals surface area (Å²) in [5, 5.41) is 17.8. The monoisotopic (exact) mass is 460 g/mol. The number of benzene rings is 2. The highest BCUT2D eigenvalue weighted by molar-refractivity contribution is 5.97. The van der Waals surface area contributed by atoms with E-state index >= 15 is 0 Å². The summed E-state index contributed by atoms with van der Waals surface area (Å²) in [4.78, 5) is 24.6. The van der Waals surface area contributed by atoms with Crippen molar-refractivity contribution in [2.75, 3.05) is 13.2 Å². The zero-order chi connectivity index (χ0) is 24.7. The molecule has 9 heteroatoms. The molecule has 3 rings (SSSR count). The standard InChI is InChI=1S/C25H28N6O3/c1-2-34-22(32)12-30-25(33)21-15-31(13-16-6-8-18(9-7-16)23(26)27)14-20(21)11-17-4-3-5-19(10-17)24(28)29/h3-10,14-15H,2,11-13H2,1H3,(H3,26,27)(H3,28,29)(H,30,33). The molecule has 3 aromatic rings. The molecular formula is C25H28N6O3. The SMILES string of the molecule is CCOC(=O)CNC(=O)c1cn(Cc2ccc(C(=N)N)cc2)cc1Cc1cccc(C(=N)N)c1. The molecule has 0 unspecified atom stereocenters. The van der Waals surface area contributed by atoms with Gasteiger partial charge in [0.15, 0.2) is 0 Å². The number of carbonyl (C=O) groups excluding carboxylic acids is 2. The van der Waals surface area contributed by atoms with E-state index in [4.69, 9.17) is 27.0 Å². The molecule has 7 N–H and O–H groups in total. The number of esters is 1. The van der Waals surface area contributed by atoms with E-state index in [1.807, 2.05) is 41.1 Å². The first-order valence-corrected chi connectivity index (χ1v) is 10.8. The van der Waals surface area contributed by atoms with Crippen LogP contribution in [-0.2, 0) is 22.5 Å². The van der Waals surface area contributed by atoms with Gasteiger partial charge in [-0.3, -0.25) is 20.4 Å². The molecule has 0 saturated heterocycles.